The number of ether oxygens (including phenoxy) is 1. The number of aromatic nitrogens is 2. The lowest BCUT2D eigenvalue weighted by atomic mass is 10.2. The molecule has 0 aliphatic heterocycles. The highest BCUT2D eigenvalue weighted by Gasteiger charge is 2.14. The van der Waals surface area contributed by atoms with E-state index in [1.54, 1.807) is 7.11 Å². The first-order chi connectivity index (χ1) is 14.9. The largest absolute Gasteiger partial charge is 0.497 e. The third kappa shape index (κ3) is 6.49. The number of methoxy groups -OCH3 is 1. The van der Waals surface area contributed by atoms with Gasteiger partial charge in [-0.05, 0) is 51.4 Å². The Morgan fingerprint density at radius 3 is 2.74 bits per heavy atom. The van der Waals surface area contributed by atoms with E-state index in [9.17, 15) is 9.59 Å². The SMILES string of the molecule is COc1ccc2nc(C)nc(SCC(=O)c3ccc(CNC(=O)CCN(C)C)s3)c2c1. The molecule has 7 nitrogen and oxygen atoms in total. The van der Waals surface area contributed by atoms with E-state index in [4.69, 9.17) is 4.74 Å². The standard InChI is InChI=1S/C22H26N4O3S2/c1-14-24-18-7-5-15(29-4)11-17(18)22(25-14)30-13-19(27)20-8-6-16(31-20)12-23-21(28)9-10-26(2)3/h5-8,11H,9-10,12-13H2,1-4H3,(H,23,28). The second-order valence-corrected chi connectivity index (χ2v) is 9.40. The van der Waals surface area contributed by atoms with Gasteiger partial charge in [-0.2, -0.15) is 0 Å². The van der Waals surface area contributed by atoms with Gasteiger partial charge < -0.3 is 15.0 Å². The van der Waals surface area contributed by atoms with Gasteiger partial charge in [0.2, 0.25) is 5.91 Å². The van der Waals surface area contributed by atoms with Gasteiger partial charge in [-0.3, -0.25) is 9.59 Å². The number of thioether (sulfide) groups is 1. The van der Waals surface area contributed by atoms with Crippen LogP contribution in [0.4, 0.5) is 0 Å². The quantitative estimate of drug-likeness (QED) is 0.282. The molecule has 3 rings (SSSR count). The molecule has 9 heteroatoms. The second kappa shape index (κ2) is 10.7. The number of hydrogen-bond acceptors (Lipinski definition) is 8. The van der Waals surface area contributed by atoms with Crippen molar-refractivity contribution in [3.8, 4) is 5.75 Å². The van der Waals surface area contributed by atoms with E-state index >= 15 is 0 Å². The molecule has 3 aromatic rings. The van der Waals surface area contributed by atoms with Crippen molar-refractivity contribution in [3.63, 3.8) is 0 Å². The van der Waals surface area contributed by atoms with Crippen molar-refractivity contribution in [3.05, 3.63) is 45.9 Å². The molecular weight excluding hydrogens is 432 g/mol. The highest BCUT2D eigenvalue weighted by molar-refractivity contribution is 8.00. The van der Waals surface area contributed by atoms with Crippen LogP contribution < -0.4 is 10.1 Å². The number of nitrogens with zero attached hydrogens (tertiary/aromatic N) is 3. The lowest BCUT2D eigenvalue weighted by Gasteiger charge is -2.09. The first-order valence-electron chi connectivity index (χ1n) is 9.84. The number of ketones is 1. The summed E-state index contributed by atoms with van der Waals surface area (Å²) in [5.74, 6) is 1.71. The van der Waals surface area contributed by atoms with E-state index in [0.717, 1.165) is 26.6 Å². The van der Waals surface area contributed by atoms with E-state index in [2.05, 4.69) is 15.3 Å². The Labute approximate surface area is 190 Å². The summed E-state index contributed by atoms with van der Waals surface area (Å²) in [5, 5.41) is 4.54. The molecule has 2 aromatic heterocycles. The van der Waals surface area contributed by atoms with E-state index in [0.29, 0.717) is 30.2 Å². The molecule has 164 valence electrons. The predicted octanol–water partition coefficient (Wildman–Crippen LogP) is 3.55. The van der Waals surface area contributed by atoms with E-state index in [1.165, 1.54) is 23.1 Å². The topological polar surface area (TPSA) is 84.4 Å². The van der Waals surface area contributed by atoms with Crippen molar-refractivity contribution in [1.29, 1.82) is 0 Å². The number of aryl methyl sites for hydroxylation is 1. The summed E-state index contributed by atoms with van der Waals surface area (Å²) in [6, 6.07) is 9.36. The number of thiophene rings is 1. The molecule has 2 heterocycles. The minimum absolute atomic E-state index is 0.00645. The van der Waals surface area contributed by atoms with Crippen molar-refractivity contribution < 1.29 is 14.3 Å². The van der Waals surface area contributed by atoms with E-state index in [1.807, 2.05) is 56.3 Å². The fraction of sp³-hybridized carbons (Fsp3) is 0.364. The Bertz CT molecular complexity index is 1080. The monoisotopic (exact) mass is 458 g/mol. The van der Waals surface area contributed by atoms with Crippen LogP contribution in [0.2, 0.25) is 0 Å². The van der Waals surface area contributed by atoms with Crippen molar-refractivity contribution in [2.75, 3.05) is 33.5 Å². The van der Waals surface area contributed by atoms with Crippen LogP contribution in [0.1, 0.15) is 26.8 Å². The number of hydrogen-bond donors (Lipinski definition) is 1. The molecule has 1 N–H and O–H groups in total. The number of benzene rings is 1. The Balaban J connectivity index is 1.61. The lowest BCUT2D eigenvalue weighted by molar-refractivity contribution is -0.121. The Morgan fingerprint density at radius 2 is 2.00 bits per heavy atom. The van der Waals surface area contributed by atoms with Crippen molar-refractivity contribution in [2.45, 2.75) is 24.9 Å². The Morgan fingerprint density at radius 1 is 1.19 bits per heavy atom. The fourth-order valence-electron chi connectivity index (χ4n) is 2.85. The molecule has 1 aromatic carbocycles. The number of Topliss-reactive ketones (excluding diaryl/α,β-unsaturated/α-hetero) is 1. The van der Waals surface area contributed by atoms with Crippen LogP contribution in [0.15, 0.2) is 35.4 Å². The molecular formula is C22H26N4O3S2. The van der Waals surface area contributed by atoms with Crippen LogP contribution in [-0.4, -0.2) is 60.1 Å². The molecule has 0 saturated heterocycles. The van der Waals surface area contributed by atoms with Crippen LogP contribution in [0, 0.1) is 6.92 Å². The first kappa shape index (κ1) is 23.2. The van der Waals surface area contributed by atoms with Gasteiger partial charge in [0.15, 0.2) is 5.78 Å². The summed E-state index contributed by atoms with van der Waals surface area (Å²) in [6.07, 6.45) is 0.456. The van der Waals surface area contributed by atoms with Gasteiger partial charge in [0.1, 0.15) is 16.6 Å². The number of carbonyl (C=O) groups is 2. The van der Waals surface area contributed by atoms with Crippen molar-refractivity contribution in [2.24, 2.45) is 0 Å². The van der Waals surface area contributed by atoms with E-state index in [-0.39, 0.29) is 17.4 Å². The maximum atomic E-state index is 12.7. The van der Waals surface area contributed by atoms with Crippen LogP contribution >= 0.6 is 23.1 Å². The fourth-order valence-corrected chi connectivity index (χ4v) is 4.77. The van der Waals surface area contributed by atoms with Gasteiger partial charge in [0.05, 0.1) is 29.8 Å². The number of nitrogens with one attached hydrogen (secondary N) is 1. The molecule has 0 atom stereocenters. The molecule has 31 heavy (non-hydrogen) atoms. The molecule has 1 amide bonds. The van der Waals surface area contributed by atoms with E-state index < -0.39 is 0 Å². The number of carbonyl (C=O) groups excluding carboxylic acids is 2. The molecule has 0 saturated carbocycles. The maximum Gasteiger partial charge on any atom is 0.221 e. The number of rotatable bonds is 10. The Hall–Kier alpha value is -2.49. The van der Waals surface area contributed by atoms with Crippen LogP contribution in [-0.2, 0) is 11.3 Å². The van der Waals surface area contributed by atoms with Gasteiger partial charge in [0.25, 0.3) is 0 Å². The molecule has 0 radical (unpaired) electrons. The normalized spacial score (nSPS) is 11.1. The molecule has 0 bridgehead atoms. The third-order valence-electron chi connectivity index (χ3n) is 4.50. The molecule has 0 aliphatic carbocycles. The highest BCUT2D eigenvalue weighted by Crippen LogP contribution is 2.29. The van der Waals surface area contributed by atoms with Gasteiger partial charge in [-0.25, -0.2) is 9.97 Å². The summed E-state index contributed by atoms with van der Waals surface area (Å²) < 4.78 is 5.31. The van der Waals surface area contributed by atoms with Crippen LogP contribution in [0.25, 0.3) is 10.9 Å². The lowest BCUT2D eigenvalue weighted by Crippen LogP contribution is -2.26. The van der Waals surface area contributed by atoms with Crippen molar-refractivity contribution in [1.82, 2.24) is 20.2 Å². The summed E-state index contributed by atoms with van der Waals surface area (Å²) in [5.41, 5.74) is 0.826. The average molecular weight is 459 g/mol. The molecule has 0 spiro atoms. The zero-order chi connectivity index (χ0) is 22.4. The minimum atomic E-state index is 0.00645. The first-order valence-corrected chi connectivity index (χ1v) is 11.6. The number of amides is 1. The van der Waals surface area contributed by atoms with Gasteiger partial charge in [-0.15, -0.1) is 11.3 Å². The van der Waals surface area contributed by atoms with Crippen molar-refractivity contribution >= 4 is 45.7 Å². The van der Waals surface area contributed by atoms with Gasteiger partial charge >= 0.3 is 0 Å². The zero-order valence-electron chi connectivity index (χ0n) is 18.1. The summed E-state index contributed by atoms with van der Waals surface area (Å²) in [7, 11) is 5.49. The predicted molar refractivity (Wildman–Crippen MR) is 125 cm³/mol. The third-order valence-corrected chi connectivity index (χ3v) is 6.62. The smallest absolute Gasteiger partial charge is 0.221 e. The Kier molecular flexibility index (Phi) is 8.00. The van der Waals surface area contributed by atoms with Gasteiger partial charge in [0, 0.05) is 23.2 Å². The van der Waals surface area contributed by atoms with Crippen LogP contribution in [0.3, 0.4) is 0 Å². The second-order valence-electron chi connectivity index (χ2n) is 7.27. The summed E-state index contributed by atoms with van der Waals surface area (Å²) >= 11 is 2.81. The summed E-state index contributed by atoms with van der Waals surface area (Å²) in [6.45, 7) is 2.99. The van der Waals surface area contributed by atoms with Crippen LogP contribution in [0.5, 0.6) is 5.75 Å². The average Bonchev–Trinajstić information content (AvgIpc) is 3.23. The van der Waals surface area contributed by atoms with Gasteiger partial charge in [-0.1, -0.05) is 11.8 Å². The highest BCUT2D eigenvalue weighted by atomic mass is 32.2. The molecule has 0 fully saturated rings. The minimum Gasteiger partial charge on any atom is -0.497 e. The molecule has 0 unspecified atom stereocenters. The number of fused-ring (bicyclic) bond motifs is 1. The zero-order valence-corrected chi connectivity index (χ0v) is 19.7. The maximum absolute atomic E-state index is 12.7. The molecule has 0 aliphatic rings. The summed E-state index contributed by atoms with van der Waals surface area (Å²) in [4.78, 5) is 37.2.